The highest BCUT2D eigenvalue weighted by molar-refractivity contribution is 5.28. The lowest BCUT2D eigenvalue weighted by molar-refractivity contribution is 0.358. The van der Waals surface area contributed by atoms with Crippen molar-refractivity contribution in [3.8, 4) is 0 Å². The first kappa shape index (κ1) is 13.1. The molecule has 0 saturated heterocycles. The summed E-state index contributed by atoms with van der Waals surface area (Å²) in [6.45, 7) is 2.21. The SMILES string of the molecule is CN(CCCc1ccccc1)CC1=C[CH]CC=C1. The number of hydrogen-bond donors (Lipinski definition) is 0. The standard InChI is InChI=1S/C17H22N/c1-18(15-17-11-6-3-7-12-17)14-8-13-16-9-4-2-5-10-16/h2,4-7,9-12H,3,8,13-15H2,1H3. The maximum absolute atomic E-state index is 2.40. The lowest BCUT2D eigenvalue weighted by Crippen LogP contribution is -2.22. The van der Waals surface area contributed by atoms with Gasteiger partial charge in [-0.2, -0.15) is 0 Å². The minimum absolute atomic E-state index is 1.06. The lowest BCUT2D eigenvalue weighted by atomic mass is 10.1. The Labute approximate surface area is 111 Å². The number of rotatable bonds is 6. The first-order chi connectivity index (χ1) is 8.84. The van der Waals surface area contributed by atoms with Gasteiger partial charge in [0.2, 0.25) is 0 Å². The van der Waals surface area contributed by atoms with Crippen LogP contribution >= 0.6 is 0 Å². The van der Waals surface area contributed by atoms with E-state index < -0.39 is 0 Å². The second-order valence-electron chi connectivity index (χ2n) is 4.94. The average Bonchev–Trinajstić information content (AvgIpc) is 2.41. The van der Waals surface area contributed by atoms with Gasteiger partial charge in [-0.15, -0.1) is 0 Å². The minimum atomic E-state index is 1.06. The Bertz CT molecular complexity index is 403. The fraction of sp³-hybridized carbons (Fsp3) is 0.353. The van der Waals surface area contributed by atoms with Crippen molar-refractivity contribution in [2.24, 2.45) is 0 Å². The molecule has 0 amide bonds. The topological polar surface area (TPSA) is 3.24 Å². The van der Waals surface area contributed by atoms with Crippen LogP contribution in [0.25, 0.3) is 0 Å². The fourth-order valence-corrected chi connectivity index (χ4v) is 2.27. The van der Waals surface area contributed by atoms with Crippen LogP contribution in [0.1, 0.15) is 18.4 Å². The molecule has 0 aromatic heterocycles. The third kappa shape index (κ3) is 4.50. The molecule has 0 atom stereocenters. The third-order valence-electron chi connectivity index (χ3n) is 3.24. The molecule has 2 rings (SSSR count). The van der Waals surface area contributed by atoms with Gasteiger partial charge >= 0.3 is 0 Å². The van der Waals surface area contributed by atoms with Crippen LogP contribution in [0.4, 0.5) is 0 Å². The molecule has 0 heterocycles. The monoisotopic (exact) mass is 240 g/mol. The first-order valence-electron chi connectivity index (χ1n) is 6.76. The van der Waals surface area contributed by atoms with Crippen molar-refractivity contribution < 1.29 is 0 Å². The quantitative estimate of drug-likeness (QED) is 0.733. The van der Waals surface area contributed by atoms with Crippen molar-refractivity contribution in [2.75, 3.05) is 20.1 Å². The molecule has 1 radical (unpaired) electrons. The van der Waals surface area contributed by atoms with E-state index in [4.69, 9.17) is 0 Å². The smallest absolute Gasteiger partial charge is 0.0227 e. The second kappa shape index (κ2) is 7.17. The number of nitrogens with zero attached hydrogens (tertiary/aromatic N) is 1. The maximum Gasteiger partial charge on any atom is 0.0227 e. The van der Waals surface area contributed by atoms with Gasteiger partial charge in [0.15, 0.2) is 0 Å². The Morgan fingerprint density at radius 3 is 2.72 bits per heavy atom. The molecule has 0 N–H and O–H groups in total. The van der Waals surface area contributed by atoms with Gasteiger partial charge in [-0.3, -0.25) is 0 Å². The first-order valence-corrected chi connectivity index (χ1v) is 6.76. The summed E-state index contributed by atoms with van der Waals surface area (Å²) in [6.07, 6.45) is 12.4. The molecule has 0 saturated carbocycles. The molecule has 1 heteroatoms. The van der Waals surface area contributed by atoms with Gasteiger partial charge in [0.05, 0.1) is 0 Å². The number of hydrogen-bond acceptors (Lipinski definition) is 1. The largest absolute Gasteiger partial charge is 0.302 e. The normalized spacial score (nSPS) is 14.9. The molecular formula is C17H22N. The van der Waals surface area contributed by atoms with E-state index in [1.807, 2.05) is 0 Å². The van der Waals surface area contributed by atoms with Gasteiger partial charge < -0.3 is 4.90 Å². The van der Waals surface area contributed by atoms with Crippen molar-refractivity contribution in [3.63, 3.8) is 0 Å². The molecule has 1 nitrogen and oxygen atoms in total. The molecule has 1 aliphatic rings. The van der Waals surface area contributed by atoms with E-state index in [1.54, 1.807) is 0 Å². The summed E-state index contributed by atoms with van der Waals surface area (Å²) < 4.78 is 0. The van der Waals surface area contributed by atoms with Gasteiger partial charge in [0, 0.05) is 6.54 Å². The Balaban J connectivity index is 1.67. The summed E-state index contributed by atoms with van der Waals surface area (Å²) in [5.74, 6) is 0. The Hall–Kier alpha value is -1.34. The predicted octanol–water partition coefficient (Wildman–Crippen LogP) is 3.64. The summed E-state index contributed by atoms with van der Waals surface area (Å²) in [7, 11) is 2.20. The molecule has 18 heavy (non-hydrogen) atoms. The van der Waals surface area contributed by atoms with E-state index in [9.17, 15) is 0 Å². The van der Waals surface area contributed by atoms with Crippen LogP contribution in [0, 0.1) is 6.42 Å². The van der Waals surface area contributed by atoms with Crippen LogP contribution in [0.3, 0.4) is 0 Å². The molecule has 1 aromatic rings. The minimum Gasteiger partial charge on any atom is -0.302 e. The van der Waals surface area contributed by atoms with E-state index in [0.29, 0.717) is 0 Å². The molecule has 0 bridgehead atoms. The zero-order valence-electron chi connectivity index (χ0n) is 11.2. The van der Waals surface area contributed by atoms with Gasteiger partial charge in [0.25, 0.3) is 0 Å². The van der Waals surface area contributed by atoms with Gasteiger partial charge in [-0.05, 0) is 50.4 Å². The fourth-order valence-electron chi connectivity index (χ4n) is 2.27. The Kier molecular flexibility index (Phi) is 5.22. The third-order valence-corrected chi connectivity index (χ3v) is 3.24. The van der Waals surface area contributed by atoms with E-state index >= 15 is 0 Å². The number of allylic oxidation sites excluding steroid dienone is 2. The van der Waals surface area contributed by atoms with Crippen LogP contribution in [0.5, 0.6) is 0 Å². The van der Waals surface area contributed by atoms with Gasteiger partial charge in [0.1, 0.15) is 0 Å². The van der Waals surface area contributed by atoms with Crippen molar-refractivity contribution in [3.05, 3.63) is 66.1 Å². The summed E-state index contributed by atoms with van der Waals surface area (Å²) in [5, 5.41) is 0. The van der Waals surface area contributed by atoms with E-state index in [1.165, 1.54) is 24.0 Å². The highest BCUT2D eigenvalue weighted by atomic mass is 15.1. The zero-order valence-corrected chi connectivity index (χ0v) is 11.2. The predicted molar refractivity (Wildman–Crippen MR) is 78.4 cm³/mol. The molecule has 0 spiro atoms. The van der Waals surface area contributed by atoms with Gasteiger partial charge in [-0.25, -0.2) is 0 Å². The van der Waals surface area contributed by atoms with Crippen molar-refractivity contribution in [1.82, 2.24) is 4.90 Å². The Morgan fingerprint density at radius 1 is 1.17 bits per heavy atom. The average molecular weight is 240 g/mol. The van der Waals surface area contributed by atoms with E-state index in [-0.39, 0.29) is 0 Å². The van der Waals surface area contributed by atoms with Crippen molar-refractivity contribution >= 4 is 0 Å². The zero-order chi connectivity index (χ0) is 12.6. The molecule has 0 unspecified atom stereocenters. The van der Waals surface area contributed by atoms with Crippen LogP contribution in [0.2, 0.25) is 0 Å². The highest BCUT2D eigenvalue weighted by Gasteiger charge is 2.03. The van der Waals surface area contributed by atoms with Crippen molar-refractivity contribution in [1.29, 1.82) is 0 Å². The van der Waals surface area contributed by atoms with Crippen LogP contribution < -0.4 is 0 Å². The summed E-state index contributed by atoms with van der Waals surface area (Å²) in [6, 6.07) is 10.7. The van der Waals surface area contributed by atoms with Crippen LogP contribution in [-0.2, 0) is 6.42 Å². The van der Waals surface area contributed by atoms with Gasteiger partial charge in [-0.1, -0.05) is 48.6 Å². The van der Waals surface area contributed by atoms with Crippen LogP contribution in [0.15, 0.2) is 54.1 Å². The van der Waals surface area contributed by atoms with Crippen LogP contribution in [-0.4, -0.2) is 25.0 Å². The molecule has 95 valence electrons. The number of likely N-dealkylation sites (N-methyl/N-ethyl adjacent to an activating group) is 1. The molecule has 0 aliphatic heterocycles. The molecular weight excluding hydrogens is 218 g/mol. The molecule has 1 aliphatic carbocycles. The summed E-state index contributed by atoms with van der Waals surface area (Å²) in [5.41, 5.74) is 2.86. The summed E-state index contributed by atoms with van der Waals surface area (Å²) >= 11 is 0. The number of benzene rings is 1. The molecule has 0 fully saturated rings. The molecule has 1 aromatic carbocycles. The van der Waals surface area contributed by atoms with Crippen molar-refractivity contribution in [2.45, 2.75) is 19.3 Å². The van der Waals surface area contributed by atoms with E-state index in [2.05, 4.69) is 66.9 Å². The second-order valence-corrected chi connectivity index (χ2v) is 4.94. The number of aryl methyl sites for hydroxylation is 1. The maximum atomic E-state index is 2.40. The lowest BCUT2D eigenvalue weighted by Gasteiger charge is -2.18. The Morgan fingerprint density at radius 2 is 2.00 bits per heavy atom. The highest BCUT2D eigenvalue weighted by Crippen LogP contribution is 2.10. The van der Waals surface area contributed by atoms with E-state index in [0.717, 1.165) is 19.5 Å². The summed E-state index contributed by atoms with van der Waals surface area (Å²) in [4.78, 5) is 2.40.